The van der Waals surface area contributed by atoms with Crippen molar-refractivity contribution in [2.75, 3.05) is 13.1 Å². The summed E-state index contributed by atoms with van der Waals surface area (Å²) >= 11 is 0. The average molecular weight is 644 g/mol. The highest BCUT2D eigenvalue weighted by Gasteiger charge is 2.29. The molecule has 2 aliphatic heterocycles. The number of rotatable bonds is 5. The van der Waals surface area contributed by atoms with E-state index in [0.717, 1.165) is 11.1 Å². The van der Waals surface area contributed by atoms with Crippen molar-refractivity contribution in [2.45, 2.75) is 71.1 Å². The van der Waals surface area contributed by atoms with Crippen LogP contribution in [0.5, 0.6) is 0 Å². The molecule has 3 aromatic rings. The van der Waals surface area contributed by atoms with Crippen LogP contribution in [0.1, 0.15) is 72.0 Å². The standard InChI is InChI=1S/C35H45N7O5/c1-23(2)18-28-33(45)38-24(3)31(43)36-16-8-9-17-42(35(47)30-21-41(4)22-37-30)20-26-12-14-27(15-13-26)32(44)39-29(34(46)40-28)19-25-10-6-5-7-11-25/h5-7,10-15,21-24,28-29H,8-9,16-20H2,1-4H3,(H,36,43)(H,38,45)(H,39,44)(H,40,46)/t24-,28+,29-/m1/s1. The average Bonchev–Trinajstić information content (AvgIpc) is 3.49. The summed E-state index contributed by atoms with van der Waals surface area (Å²) in [6.45, 7) is 6.54. The highest BCUT2D eigenvalue weighted by Crippen LogP contribution is 2.14. The monoisotopic (exact) mass is 643 g/mol. The Labute approximate surface area is 275 Å². The fourth-order valence-electron chi connectivity index (χ4n) is 5.37. The Bertz CT molecular complexity index is 1540. The second-order valence-corrected chi connectivity index (χ2v) is 12.5. The molecular formula is C35H45N7O5. The molecule has 5 amide bonds. The number of imidazole rings is 1. The van der Waals surface area contributed by atoms with Crippen LogP contribution in [-0.2, 0) is 34.4 Å². The summed E-state index contributed by atoms with van der Waals surface area (Å²) in [6.07, 6.45) is 5.00. The number of hydrogen-bond acceptors (Lipinski definition) is 6. The third kappa shape index (κ3) is 10.2. The molecule has 0 fully saturated rings. The minimum Gasteiger partial charge on any atom is -0.354 e. The Balaban J connectivity index is 1.62. The van der Waals surface area contributed by atoms with Gasteiger partial charge in [0.2, 0.25) is 17.7 Å². The van der Waals surface area contributed by atoms with Gasteiger partial charge in [-0.15, -0.1) is 0 Å². The summed E-state index contributed by atoms with van der Waals surface area (Å²) < 4.78 is 1.71. The quantitative estimate of drug-likeness (QED) is 0.313. The van der Waals surface area contributed by atoms with Gasteiger partial charge in [-0.25, -0.2) is 4.98 Å². The van der Waals surface area contributed by atoms with E-state index in [1.54, 1.807) is 60.2 Å². The Morgan fingerprint density at radius 2 is 1.60 bits per heavy atom. The maximum atomic E-state index is 13.7. The molecule has 47 heavy (non-hydrogen) atoms. The fraction of sp³-hybridized carbons (Fsp3) is 0.429. The molecule has 4 N–H and O–H groups in total. The second kappa shape index (κ2) is 16.5. The van der Waals surface area contributed by atoms with E-state index in [1.807, 2.05) is 44.2 Å². The van der Waals surface area contributed by atoms with E-state index in [2.05, 4.69) is 26.3 Å². The first-order valence-corrected chi connectivity index (χ1v) is 16.1. The number of aromatic nitrogens is 2. The van der Waals surface area contributed by atoms with Gasteiger partial charge in [0.05, 0.1) is 6.33 Å². The molecule has 0 radical (unpaired) electrons. The first kappa shape index (κ1) is 34.9. The summed E-state index contributed by atoms with van der Waals surface area (Å²) in [5.41, 5.74) is 2.33. The van der Waals surface area contributed by atoms with Crippen molar-refractivity contribution in [3.05, 3.63) is 89.5 Å². The minimum absolute atomic E-state index is 0.0643. The zero-order valence-electron chi connectivity index (χ0n) is 27.5. The number of nitrogens with zero attached hydrogens (tertiary/aromatic N) is 3. The predicted molar refractivity (Wildman–Crippen MR) is 177 cm³/mol. The van der Waals surface area contributed by atoms with E-state index in [9.17, 15) is 24.0 Å². The van der Waals surface area contributed by atoms with Gasteiger partial charge in [0.15, 0.2) is 0 Å². The summed E-state index contributed by atoms with van der Waals surface area (Å²) in [5.74, 6) is -1.95. The van der Waals surface area contributed by atoms with Gasteiger partial charge in [0, 0.05) is 44.9 Å². The molecule has 2 aliphatic rings. The van der Waals surface area contributed by atoms with Gasteiger partial charge in [-0.3, -0.25) is 24.0 Å². The number of carbonyl (C=O) groups is 5. The van der Waals surface area contributed by atoms with Crippen LogP contribution in [0.3, 0.4) is 0 Å². The molecule has 0 unspecified atom stereocenters. The highest BCUT2D eigenvalue weighted by molar-refractivity contribution is 5.99. The SMILES string of the molecule is CC(C)C[C@@H]1NC(=O)[C@@H](Cc2ccccc2)NC(=O)c2ccc(cc2)CN(C(=O)c2cn(C)cn2)CCCCNC(=O)[C@@H](C)NC1=O. The number of amides is 5. The molecule has 250 valence electrons. The number of nitrogens with one attached hydrogen (secondary N) is 4. The van der Waals surface area contributed by atoms with Gasteiger partial charge in [0.25, 0.3) is 11.8 Å². The molecule has 1 aromatic heterocycles. The van der Waals surface area contributed by atoms with E-state index in [1.165, 1.54) is 0 Å². The zero-order chi connectivity index (χ0) is 33.9. The number of aryl methyl sites for hydroxylation is 1. The molecule has 0 aliphatic carbocycles. The molecule has 2 aromatic carbocycles. The molecule has 3 heterocycles. The Morgan fingerprint density at radius 1 is 0.894 bits per heavy atom. The van der Waals surface area contributed by atoms with E-state index in [0.29, 0.717) is 50.2 Å². The van der Waals surface area contributed by atoms with Crippen LogP contribution in [0.4, 0.5) is 0 Å². The van der Waals surface area contributed by atoms with Crippen LogP contribution in [-0.4, -0.2) is 75.2 Å². The lowest BCUT2D eigenvalue weighted by atomic mass is 10.0. The predicted octanol–water partition coefficient (Wildman–Crippen LogP) is 2.35. The van der Waals surface area contributed by atoms with E-state index < -0.39 is 35.8 Å². The Morgan fingerprint density at radius 3 is 2.26 bits per heavy atom. The van der Waals surface area contributed by atoms with Crippen molar-refractivity contribution in [1.82, 2.24) is 35.7 Å². The van der Waals surface area contributed by atoms with Crippen LogP contribution in [0.15, 0.2) is 67.1 Å². The smallest absolute Gasteiger partial charge is 0.274 e. The van der Waals surface area contributed by atoms with Gasteiger partial charge in [-0.1, -0.05) is 56.3 Å². The van der Waals surface area contributed by atoms with Crippen LogP contribution in [0.2, 0.25) is 0 Å². The number of benzene rings is 2. The van der Waals surface area contributed by atoms with Crippen molar-refractivity contribution in [3.63, 3.8) is 0 Å². The molecular weight excluding hydrogens is 598 g/mol. The van der Waals surface area contributed by atoms with Gasteiger partial charge >= 0.3 is 0 Å². The largest absolute Gasteiger partial charge is 0.354 e. The second-order valence-electron chi connectivity index (χ2n) is 12.5. The van der Waals surface area contributed by atoms with Crippen LogP contribution < -0.4 is 21.3 Å². The summed E-state index contributed by atoms with van der Waals surface area (Å²) in [4.78, 5) is 72.7. The number of fused-ring (bicyclic) bond motifs is 18. The van der Waals surface area contributed by atoms with Crippen LogP contribution in [0, 0.1) is 5.92 Å². The van der Waals surface area contributed by atoms with Crippen molar-refractivity contribution in [3.8, 4) is 0 Å². The molecule has 0 saturated heterocycles. The lowest BCUT2D eigenvalue weighted by molar-refractivity contribution is -0.132. The number of carbonyl (C=O) groups excluding carboxylic acids is 5. The molecule has 0 spiro atoms. The normalized spacial score (nSPS) is 20.5. The third-order valence-corrected chi connectivity index (χ3v) is 7.95. The Kier molecular flexibility index (Phi) is 12.3. The molecule has 0 saturated carbocycles. The van der Waals surface area contributed by atoms with Crippen LogP contribution >= 0.6 is 0 Å². The molecule has 5 rings (SSSR count). The van der Waals surface area contributed by atoms with Crippen LogP contribution in [0.25, 0.3) is 0 Å². The first-order chi connectivity index (χ1) is 22.5. The molecule has 12 heteroatoms. The van der Waals surface area contributed by atoms with Crippen molar-refractivity contribution >= 4 is 29.5 Å². The first-order valence-electron chi connectivity index (χ1n) is 16.1. The lowest BCUT2D eigenvalue weighted by Crippen LogP contribution is -2.57. The maximum Gasteiger partial charge on any atom is 0.274 e. The van der Waals surface area contributed by atoms with Gasteiger partial charge in [-0.05, 0) is 55.4 Å². The maximum absolute atomic E-state index is 13.7. The molecule has 2 bridgehead atoms. The van der Waals surface area contributed by atoms with Crippen molar-refractivity contribution in [1.29, 1.82) is 0 Å². The third-order valence-electron chi connectivity index (χ3n) is 7.95. The summed E-state index contributed by atoms with van der Waals surface area (Å²) in [7, 11) is 1.80. The van der Waals surface area contributed by atoms with Gasteiger partial charge < -0.3 is 30.7 Å². The van der Waals surface area contributed by atoms with Crippen molar-refractivity contribution in [2.24, 2.45) is 13.0 Å². The zero-order valence-corrected chi connectivity index (χ0v) is 27.5. The lowest BCUT2D eigenvalue weighted by Gasteiger charge is -2.25. The van der Waals surface area contributed by atoms with E-state index >= 15 is 0 Å². The minimum atomic E-state index is -0.978. The van der Waals surface area contributed by atoms with Crippen molar-refractivity contribution < 1.29 is 24.0 Å². The molecule has 3 atom stereocenters. The van der Waals surface area contributed by atoms with E-state index in [4.69, 9.17) is 0 Å². The Hall–Kier alpha value is -5.00. The number of hydrogen-bond donors (Lipinski definition) is 4. The van der Waals surface area contributed by atoms with Gasteiger partial charge in [-0.2, -0.15) is 0 Å². The van der Waals surface area contributed by atoms with E-state index in [-0.39, 0.29) is 24.2 Å². The summed E-state index contributed by atoms with van der Waals surface area (Å²) in [6, 6.07) is 13.5. The summed E-state index contributed by atoms with van der Waals surface area (Å²) in [5, 5.41) is 11.3. The topological polar surface area (TPSA) is 155 Å². The fourth-order valence-corrected chi connectivity index (χ4v) is 5.37. The molecule has 12 nitrogen and oxygen atoms in total. The van der Waals surface area contributed by atoms with Gasteiger partial charge in [0.1, 0.15) is 23.8 Å². The highest BCUT2D eigenvalue weighted by atomic mass is 16.2.